The first-order valence-electron chi connectivity index (χ1n) is 6.35. The van der Waals surface area contributed by atoms with Gasteiger partial charge in [0.05, 0.1) is 0 Å². The molecule has 1 fully saturated rings. The van der Waals surface area contributed by atoms with Crippen LogP contribution in [0.1, 0.15) is 30.4 Å². The summed E-state index contributed by atoms with van der Waals surface area (Å²) in [4.78, 5) is 0. The van der Waals surface area contributed by atoms with E-state index in [1.54, 1.807) is 0 Å². The van der Waals surface area contributed by atoms with Gasteiger partial charge in [-0.05, 0) is 50.4 Å². The van der Waals surface area contributed by atoms with Gasteiger partial charge in [0.15, 0.2) is 0 Å². The second kappa shape index (κ2) is 6.02. The molecule has 0 aliphatic heterocycles. The summed E-state index contributed by atoms with van der Waals surface area (Å²) in [6, 6.07) is 9.42. The monoisotopic (exact) mass is 218 g/mol. The van der Waals surface area contributed by atoms with Gasteiger partial charge < -0.3 is 10.6 Å². The van der Waals surface area contributed by atoms with E-state index in [4.69, 9.17) is 0 Å². The SMILES string of the molecule is Cc1ccccc1CNCCCNC1CC1. The highest BCUT2D eigenvalue weighted by Crippen LogP contribution is 2.18. The maximum atomic E-state index is 3.53. The van der Waals surface area contributed by atoms with E-state index < -0.39 is 0 Å². The summed E-state index contributed by atoms with van der Waals surface area (Å²) in [5.74, 6) is 0. The van der Waals surface area contributed by atoms with Gasteiger partial charge in [-0.2, -0.15) is 0 Å². The predicted molar refractivity (Wildman–Crippen MR) is 68.5 cm³/mol. The Labute approximate surface area is 98.4 Å². The molecule has 1 aromatic rings. The summed E-state index contributed by atoms with van der Waals surface area (Å²) in [6.07, 6.45) is 4.00. The summed E-state index contributed by atoms with van der Waals surface area (Å²) in [5.41, 5.74) is 2.80. The molecule has 0 radical (unpaired) electrons. The molecule has 88 valence electrons. The molecule has 2 heteroatoms. The van der Waals surface area contributed by atoms with Crippen LogP contribution in [0.4, 0.5) is 0 Å². The fourth-order valence-corrected chi connectivity index (χ4v) is 1.84. The molecule has 2 nitrogen and oxygen atoms in total. The Morgan fingerprint density at radius 2 is 2.00 bits per heavy atom. The van der Waals surface area contributed by atoms with E-state index in [2.05, 4.69) is 41.8 Å². The molecule has 2 N–H and O–H groups in total. The fraction of sp³-hybridized carbons (Fsp3) is 0.571. The maximum absolute atomic E-state index is 3.53. The number of rotatable bonds is 7. The van der Waals surface area contributed by atoms with E-state index in [0.29, 0.717) is 0 Å². The Balaban J connectivity index is 1.55. The van der Waals surface area contributed by atoms with Crippen LogP contribution in [0.3, 0.4) is 0 Å². The Hall–Kier alpha value is -0.860. The standard InChI is InChI=1S/C14H22N2/c1-12-5-2-3-6-13(12)11-15-9-4-10-16-14-7-8-14/h2-3,5-6,14-16H,4,7-11H2,1H3. The molecule has 0 aromatic heterocycles. The first-order chi connectivity index (χ1) is 7.86. The van der Waals surface area contributed by atoms with Gasteiger partial charge >= 0.3 is 0 Å². The third-order valence-corrected chi connectivity index (χ3v) is 3.12. The molecule has 0 saturated heterocycles. The van der Waals surface area contributed by atoms with Gasteiger partial charge in [0, 0.05) is 12.6 Å². The molecule has 0 unspecified atom stereocenters. The first kappa shape index (κ1) is 11.6. The lowest BCUT2D eigenvalue weighted by Crippen LogP contribution is -2.23. The zero-order valence-corrected chi connectivity index (χ0v) is 10.1. The van der Waals surface area contributed by atoms with Crippen LogP contribution in [0.25, 0.3) is 0 Å². The average molecular weight is 218 g/mol. The minimum absolute atomic E-state index is 0.844. The van der Waals surface area contributed by atoms with Crippen molar-refractivity contribution < 1.29 is 0 Å². The minimum atomic E-state index is 0.844. The maximum Gasteiger partial charge on any atom is 0.0208 e. The molecule has 0 heterocycles. The summed E-state index contributed by atoms with van der Waals surface area (Å²) < 4.78 is 0. The lowest BCUT2D eigenvalue weighted by Gasteiger charge is -2.07. The van der Waals surface area contributed by atoms with Crippen LogP contribution in [0, 0.1) is 6.92 Å². The summed E-state index contributed by atoms with van der Waals surface area (Å²) >= 11 is 0. The third-order valence-electron chi connectivity index (χ3n) is 3.12. The highest BCUT2D eigenvalue weighted by Gasteiger charge is 2.19. The van der Waals surface area contributed by atoms with Crippen molar-refractivity contribution in [3.63, 3.8) is 0 Å². The van der Waals surface area contributed by atoms with Crippen LogP contribution in [-0.4, -0.2) is 19.1 Å². The zero-order chi connectivity index (χ0) is 11.2. The van der Waals surface area contributed by atoms with Crippen molar-refractivity contribution in [1.29, 1.82) is 0 Å². The van der Waals surface area contributed by atoms with Crippen LogP contribution in [-0.2, 0) is 6.54 Å². The number of hydrogen-bond donors (Lipinski definition) is 2. The van der Waals surface area contributed by atoms with Crippen LogP contribution < -0.4 is 10.6 Å². The van der Waals surface area contributed by atoms with Gasteiger partial charge in [-0.15, -0.1) is 0 Å². The molecular formula is C14H22N2. The molecule has 0 atom stereocenters. The van der Waals surface area contributed by atoms with Gasteiger partial charge in [0.2, 0.25) is 0 Å². The van der Waals surface area contributed by atoms with Gasteiger partial charge in [0.25, 0.3) is 0 Å². The van der Waals surface area contributed by atoms with Gasteiger partial charge in [-0.1, -0.05) is 24.3 Å². The van der Waals surface area contributed by atoms with Crippen molar-refractivity contribution in [1.82, 2.24) is 10.6 Å². The van der Waals surface area contributed by atoms with E-state index in [1.165, 1.54) is 30.4 Å². The second-order valence-electron chi connectivity index (χ2n) is 4.69. The summed E-state index contributed by atoms with van der Waals surface area (Å²) in [5, 5.41) is 7.02. The molecule has 1 aromatic carbocycles. The minimum Gasteiger partial charge on any atom is -0.314 e. The fourth-order valence-electron chi connectivity index (χ4n) is 1.84. The van der Waals surface area contributed by atoms with Crippen molar-refractivity contribution in [2.75, 3.05) is 13.1 Å². The molecular weight excluding hydrogens is 196 g/mol. The molecule has 1 aliphatic carbocycles. The predicted octanol–water partition coefficient (Wildman–Crippen LogP) is 2.23. The van der Waals surface area contributed by atoms with E-state index in [0.717, 1.165) is 25.7 Å². The van der Waals surface area contributed by atoms with Crippen molar-refractivity contribution in [3.05, 3.63) is 35.4 Å². The largest absolute Gasteiger partial charge is 0.314 e. The van der Waals surface area contributed by atoms with E-state index >= 15 is 0 Å². The number of nitrogens with one attached hydrogen (secondary N) is 2. The Morgan fingerprint density at radius 1 is 1.19 bits per heavy atom. The lowest BCUT2D eigenvalue weighted by atomic mass is 10.1. The van der Waals surface area contributed by atoms with Gasteiger partial charge in [0.1, 0.15) is 0 Å². The molecule has 16 heavy (non-hydrogen) atoms. The molecule has 0 amide bonds. The molecule has 1 saturated carbocycles. The van der Waals surface area contributed by atoms with Crippen LogP contribution in [0.15, 0.2) is 24.3 Å². The van der Waals surface area contributed by atoms with Crippen LogP contribution >= 0.6 is 0 Å². The molecule has 0 spiro atoms. The Bertz CT molecular complexity index is 318. The highest BCUT2D eigenvalue weighted by molar-refractivity contribution is 5.25. The molecule has 2 rings (SSSR count). The molecule has 1 aliphatic rings. The van der Waals surface area contributed by atoms with E-state index in [1.807, 2.05) is 0 Å². The highest BCUT2D eigenvalue weighted by atomic mass is 14.9. The normalized spacial score (nSPS) is 15.3. The summed E-state index contributed by atoms with van der Waals surface area (Å²) in [7, 11) is 0. The smallest absolute Gasteiger partial charge is 0.0208 e. The van der Waals surface area contributed by atoms with Gasteiger partial charge in [-0.3, -0.25) is 0 Å². The zero-order valence-electron chi connectivity index (χ0n) is 10.1. The van der Waals surface area contributed by atoms with E-state index in [9.17, 15) is 0 Å². The first-order valence-corrected chi connectivity index (χ1v) is 6.35. The topological polar surface area (TPSA) is 24.1 Å². The van der Waals surface area contributed by atoms with Gasteiger partial charge in [-0.25, -0.2) is 0 Å². The van der Waals surface area contributed by atoms with Crippen LogP contribution in [0.2, 0.25) is 0 Å². The number of aryl methyl sites for hydroxylation is 1. The van der Waals surface area contributed by atoms with Crippen LogP contribution in [0.5, 0.6) is 0 Å². The molecule has 0 bridgehead atoms. The Morgan fingerprint density at radius 3 is 2.75 bits per heavy atom. The Kier molecular flexibility index (Phi) is 4.37. The number of hydrogen-bond acceptors (Lipinski definition) is 2. The van der Waals surface area contributed by atoms with Crippen molar-refractivity contribution in [3.8, 4) is 0 Å². The summed E-state index contributed by atoms with van der Waals surface area (Å²) in [6.45, 7) is 5.43. The average Bonchev–Trinajstić information content (AvgIpc) is 3.09. The second-order valence-corrected chi connectivity index (χ2v) is 4.69. The van der Waals surface area contributed by atoms with E-state index in [-0.39, 0.29) is 0 Å². The van der Waals surface area contributed by atoms with Crippen molar-refractivity contribution in [2.45, 2.75) is 38.8 Å². The third kappa shape index (κ3) is 3.95. The number of benzene rings is 1. The quantitative estimate of drug-likeness (QED) is 0.686. The van der Waals surface area contributed by atoms with Crippen molar-refractivity contribution in [2.24, 2.45) is 0 Å². The lowest BCUT2D eigenvalue weighted by molar-refractivity contribution is 0.592. The van der Waals surface area contributed by atoms with Crippen molar-refractivity contribution >= 4 is 0 Å².